The molecule has 3 nitrogen and oxygen atoms in total. The van der Waals surface area contributed by atoms with Crippen LogP contribution in [0.4, 0.5) is 0 Å². The van der Waals surface area contributed by atoms with Crippen molar-refractivity contribution in [1.29, 1.82) is 0 Å². The summed E-state index contributed by atoms with van der Waals surface area (Å²) in [5.41, 5.74) is 1.91. The van der Waals surface area contributed by atoms with E-state index in [1.165, 1.54) is 0 Å². The molecule has 114 valence electrons. The third-order valence-electron chi connectivity index (χ3n) is 3.97. The lowest BCUT2D eigenvalue weighted by Crippen LogP contribution is -2.30. The van der Waals surface area contributed by atoms with E-state index in [0.717, 1.165) is 41.3 Å². The highest BCUT2D eigenvalue weighted by molar-refractivity contribution is 7.99. The zero-order valence-electron chi connectivity index (χ0n) is 12.7. The van der Waals surface area contributed by atoms with Gasteiger partial charge in [0.25, 0.3) is 5.91 Å². The summed E-state index contributed by atoms with van der Waals surface area (Å²) in [7, 11) is 0. The molecule has 1 saturated heterocycles. The average Bonchev–Trinajstić information content (AvgIpc) is 3.05. The maximum absolute atomic E-state index is 12.7. The zero-order chi connectivity index (χ0) is 15.4. The lowest BCUT2D eigenvalue weighted by Gasteiger charge is -2.25. The van der Waals surface area contributed by atoms with Crippen molar-refractivity contribution in [2.45, 2.75) is 30.8 Å². The summed E-state index contributed by atoms with van der Waals surface area (Å²) in [6.07, 6.45) is 3.99. The number of nitrogens with zero attached hydrogens (tertiary/aromatic N) is 2. The van der Waals surface area contributed by atoms with Crippen molar-refractivity contribution in [3.63, 3.8) is 0 Å². The summed E-state index contributed by atoms with van der Waals surface area (Å²) in [5.74, 6) is 1.14. The Kier molecular flexibility index (Phi) is 4.78. The fourth-order valence-electron chi connectivity index (χ4n) is 2.93. The maximum atomic E-state index is 12.7. The predicted molar refractivity (Wildman–Crippen MR) is 90.1 cm³/mol. The van der Waals surface area contributed by atoms with Gasteiger partial charge in [-0.3, -0.25) is 4.79 Å². The fraction of sp³-hybridized carbons (Fsp3) is 0.333. The van der Waals surface area contributed by atoms with Crippen LogP contribution in [0, 0.1) is 0 Å². The molecule has 1 aromatic heterocycles. The number of hydrogen-bond acceptors (Lipinski definition) is 3. The highest BCUT2D eigenvalue weighted by Crippen LogP contribution is 2.33. The Hall–Kier alpha value is -1.81. The number of rotatable bonds is 4. The molecular formula is C18H20N2OS. The van der Waals surface area contributed by atoms with Crippen LogP contribution in [0.25, 0.3) is 0 Å². The predicted octanol–water partition coefficient (Wildman–Crippen LogP) is 4.17. The first-order valence-electron chi connectivity index (χ1n) is 7.74. The number of benzene rings is 1. The summed E-state index contributed by atoms with van der Waals surface area (Å²) >= 11 is 1.74. The first kappa shape index (κ1) is 15.1. The first-order chi connectivity index (χ1) is 10.8. The van der Waals surface area contributed by atoms with Crippen molar-refractivity contribution >= 4 is 17.7 Å². The van der Waals surface area contributed by atoms with Crippen LogP contribution in [0.2, 0.25) is 0 Å². The Morgan fingerprint density at radius 1 is 1.27 bits per heavy atom. The molecule has 0 unspecified atom stereocenters. The van der Waals surface area contributed by atoms with Gasteiger partial charge in [0.2, 0.25) is 0 Å². The van der Waals surface area contributed by atoms with E-state index >= 15 is 0 Å². The van der Waals surface area contributed by atoms with Gasteiger partial charge in [-0.1, -0.05) is 31.2 Å². The number of carbonyl (C=O) groups excluding carboxylic acids is 1. The molecule has 1 aromatic carbocycles. The molecule has 3 rings (SSSR count). The molecule has 4 heteroatoms. The van der Waals surface area contributed by atoms with Gasteiger partial charge in [0, 0.05) is 18.3 Å². The normalized spacial score (nSPS) is 17.7. The molecule has 2 aromatic rings. The van der Waals surface area contributed by atoms with Crippen LogP contribution in [-0.4, -0.2) is 28.1 Å². The number of likely N-dealkylation sites (tertiary alicyclic amines) is 1. The van der Waals surface area contributed by atoms with Crippen LogP contribution in [-0.2, 0) is 0 Å². The Morgan fingerprint density at radius 2 is 2.09 bits per heavy atom. The number of carbonyl (C=O) groups is 1. The summed E-state index contributed by atoms with van der Waals surface area (Å²) in [6.45, 7) is 2.95. The van der Waals surface area contributed by atoms with Crippen LogP contribution >= 0.6 is 11.8 Å². The largest absolute Gasteiger partial charge is 0.332 e. The van der Waals surface area contributed by atoms with Gasteiger partial charge >= 0.3 is 0 Å². The quantitative estimate of drug-likeness (QED) is 0.794. The number of thioether (sulfide) groups is 1. The van der Waals surface area contributed by atoms with Gasteiger partial charge in [-0.15, -0.1) is 11.8 Å². The Labute approximate surface area is 135 Å². The number of pyridine rings is 1. The lowest BCUT2D eigenvalue weighted by molar-refractivity contribution is 0.0735. The molecule has 0 saturated carbocycles. The molecular weight excluding hydrogens is 292 g/mol. The molecule has 1 aliphatic heterocycles. The number of hydrogen-bond donors (Lipinski definition) is 0. The molecule has 1 atom stereocenters. The molecule has 22 heavy (non-hydrogen) atoms. The van der Waals surface area contributed by atoms with E-state index in [2.05, 4.69) is 24.0 Å². The standard InChI is InChI=1S/C18H20N2OS/c1-2-22-17-11-10-15(13-19-17)16-9-6-12-20(16)18(21)14-7-4-3-5-8-14/h3-5,7-8,10-11,13,16H,2,6,9,12H2,1H3/t16-/m0/s1. The Balaban J connectivity index is 1.79. The summed E-state index contributed by atoms with van der Waals surface area (Å²) in [6, 6.07) is 13.9. The van der Waals surface area contributed by atoms with Crippen molar-refractivity contribution in [3.05, 3.63) is 59.8 Å². The van der Waals surface area contributed by atoms with Gasteiger partial charge in [-0.25, -0.2) is 4.98 Å². The van der Waals surface area contributed by atoms with Crippen molar-refractivity contribution in [1.82, 2.24) is 9.88 Å². The van der Waals surface area contributed by atoms with Gasteiger partial charge in [-0.2, -0.15) is 0 Å². The second kappa shape index (κ2) is 6.97. The molecule has 2 heterocycles. The highest BCUT2D eigenvalue weighted by Gasteiger charge is 2.30. The Morgan fingerprint density at radius 3 is 2.77 bits per heavy atom. The fourth-order valence-corrected chi connectivity index (χ4v) is 3.51. The summed E-state index contributed by atoms with van der Waals surface area (Å²) < 4.78 is 0. The van der Waals surface area contributed by atoms with Crippen LogP contribution in [0.15, 0.2) is 53.7 Å². The number of aromatic nitrogens is 1. The summed E-state index contributed by atoms with van der Waals surface area (Å²) in [5, 5.41) is 1.05. The minimum Gasteiger partial charge on any atom is -0.332 e. The Bertz CT molecular complexity index is 627. The van der Waals surface area contributed by atoms with Crippen molar-refractivity contribution in [2.24, 2.45) is 0 Å². The minimum atomic E-state index is 0.120. The van der Waals surface area contributed by atoms with E-state index in [0.29, 0.717) is 0 Å². The first-order valence-corrected chi connectivity index (χ1v) is 8.73. The molecule has 0 N–H and O–H groups in total. The van der Waals surface area contributed by atoms with Crippen LogP contribution in [0.5, 0.6) is 0 Å². The van der Waals surface area contributed by atoms with Gasteiger partial charge in [0.05, 0.1) is 11.1 Å². The maximum Gasteiger partial charge on any atom is 0.254 e. The minimum absolute atomic E-state index is 0.120. The second-order valence-corrected chi connectivity index (χ2v) is 6.67. The van der Waals surface area contributed by atoms with E-state index in [-0.39, 0.29) is 11.9 Å². The molecule has 0 bridgehead atoms. The third kappa shape index (κ3) is 3.17. The van der Waals surface area contributed by atoms with E-state index in [9.17, 15) is 4.79 Å². The van der Waals surface area contributed by atoms with Crippen LogP contribution in [0.3, 0.4) is 0 Å². The van der Waals surface area contributed by atoms with Crippen molar-refractivity contribution < 1.29 is 4.79 Å². The molecule has 0 radical (unpaired) electrons. The molecule has 1 amide bonds. The van der Waals surface area contributed by atoms with E-state index < -0.39 is 0 Å². The zero-order valence-corrected chi connectivity index (χ0v) is 13.6. The van der Waals surface area contributed by atoms with Gasteiger partial charge in [0.1, 0.15) is 0 Å². The smallest absolute Gasteiger partial charge is 0.254 e. The van der Waals surface area contributed by atoms with Gasteiger partial charge < -0.3 is 4.90 Å². The van der Waals surface area contributed by atoms with E-state index in [4.69, 9.17) is 0 Å². The topological polar surface area (TPSA) is 33.2 Å². The van der Waals surface area contributed by atoms with Gasteiger partial charge in [0.15, 0.2) is 0 Å². The number of amides is 1. The average molecular weight is 312 g/mol. The molecule has 0 aliphatic carbocycles. The highest BCUT2D eigenvalue weighted by atomic mass is 32.2. The van der Waals surface area contributed by atoms with Gasteiger partial charge in [-0.05, 0) is 42.4 Å². The second-order valence-electron chi connectivity index (χ2n) is 5.39. The van der Waals surface area contributed by atoms with Crippen LogP contribution in [0.1, 0.15) is 41.7 Å². The van der Waals surface area contributed by atoms with Crippen molar-refractivity contribution in [3.8, 4) is 0 Å². The monoisotopic (exact) mass is 312 g/mol. The lowest BCUT2D eigenvalue weighted by atomic mass is 10.1. The van der Waals surface area contributed by atoms with E-state index in [1.54, 1.807) is 11.8 Å². The molecule has 0 spiro atoms. The summed E-state index contributed by atoms with van der Waals surface area (Å²) in [4.78, 5) is 19.2. The molecule has 1 fully saturated rings. The molecule has 1 aliphatic rings. The third-order valence-corrected chi connectivity index (χ3v) is 4.80. The van der Waals surface area contributed by atoms with E-state index in [1.807, 2.05) is 41.4 Å². The van der Waals surface area contributed by atoms with Crippen LogP contribution < -0.4 is 0 Å². The van der Waals surface area contributed by atoms with Crippen molar-refractivity contribution in [2.75, 3.05) is 12.3 Å². The SMILES string of the molecule is CCSc1ccc([C@@H]2CCCN2C(=O)c2ccccc2)cn1.